The summed E-state index contributed by atoms with van der Waals surface area (Å²) in [5.74, 6) is -1.65. The zero-order valence-electron chi connectivity index (χ0n) is 18.5. The van der Waals surface area contributed by atoms with Crippen LogP contribution in [0.3, 0.4) is 0 Å². The molecule has 0 saturated carbocycles. The third-order valence-corrected chi connectivity index (χ3v) is 4.99. The van der Waals surface area contributed by atoms with Crippen LogP contribution in [0.4, 0.5) is 9.18 Å². The lowest BCUT2D eigenvalue weighted by Crippen LogP contribution is -2.41. The molecule has 30 heavy (non-hydrogen) atoms. The molecule has 1 amide bonds. The molecule has 0 radical (unpaired) electrons. The zero-order valence-corrected chi connectivity index (χ0v) is 18.5. The molecule has 1 aliphatic heterocycles. The predicted molar refractivity (Wildman–Crippen MR) is 112 cm³/mol. The fourth-order valence-corrected chi connectivity index (χ4v) is 2.71. The molecule has 1 aromatic rings. The Morgan fingerprint density at radius 3 is 2.30 bits per heavy atom. The van der Waals surface area contributed by atoms with Crippen LogP contribution in [-0.2, 0) is 14.0 Å². The van der Waals surface area contributed by atoms with Gasteiger partial charge in [0.05, 0.1) is 16.8 Å². The van der Waals surface area contributed by atoms with E-state index in [9.17, 15) is 19.1 Å². The Kier molecular flexibility index (Phi) is 6.68. The van der Waals surface area contributed by atoms with E-state index in [4.69, 9.17) is 14.0 Å². The highest BCUT2D eigenvalue weighted by Crippen LogP contribution is 2.39. The van der Waals surface area contributed by atoms with E-state index in [-0.39, 0.29) is 12.1 Å². The smallest absolute Gasteiger partial charge is 0.492 e. The van der Waals surface area contributed by atoms with E-state index in [1.54, 1.807) is 26.8 Å². The van der Waals surface area contributed by atoms with Gasteiger partial charge in [-0.25, -0.2) is 9.18 Å². The number of halogens is 1. The first-order chi connectivity index (χ1) is 13.6. The van der Waals surface area contributed by atoms with Gasteiger partial charge < -0.3 is 24.5 Å². The second kappa shape index (κ2) is 8.39. The van der Waals surface area contributed by atoms with Gasteiger partial charge in [-0.05, 0) is 71.6 Å². The third kappa shape index (κ3) is 5.61. The predicted octanol–water partition coefficient (Wildman–Crippen LogP) is 3.88. The Labute approximate surface area is 176 Å². The third-order valence-electron chi connectivity index (χ3n) is 4.99. The molecule has 1 heterocycles. The van der Waals surface area contributed by atoms with Crippen LogP contribution in [0.15, 0.2) is 17.6 Å². The summed E-state index contributed by atoms with van der Waals surface area (Å²) in [5, 5.41) is 12.3. The molecule has 0 bridgehead atoms. The molecule has 0 unspecified atom stereocenters. The van der Waals surface area contributed by atoms with E-state index in [1.165, 1.54) is 6.07 Å². The van der Waals surface area contributed by atoms with Gasteiger partial charge in [0.2, 0.25) is 0 Å². The number of hydrogen-bond acceptors (Lipinski definition) is 6. The number of amides is 1. The highest BCUT2D eigenvalue weighted by molar-refractivity contribution is 6.56. The molecular weight excluding hydrogens is 392 g/mol. The SMILES string of the molecule is CC(C)(C)OC(=O)NCC(=Cc1cc(F)c(O)c(C=O)c1)B1OC(C)(C)C(C)(C)O1. The average Bonchev–Trinajstić information content (AvgIpc) is 2.80. The molecule has 164 valence electrons. The van der Waals surface area contributed by atoms with Crippen LogP contribution in [0.5, 0.6) is 5.75 Å². The summed E-state index contributed by atoms with van der Waals surface area (Å²) in [6.07, 6.45) is 1.29. The largest absolute Gasteiger partial charge is 0.504 e. The van der Waals surface area contributed by atoms with Gasteiger partial charge in [-0.1, -0.05) is 6.08 Å². The minimum atomic E-state index is -0.931. The van der Waals surface area contributed by atoms with Crippen LogP contribution in [0.1, 0.15) is 64.4 Å². The van der Waals surface area contributed by atoms with E-state index in [0.29, 0.717) is 17.3 Å². The monoisotopic (exact) mass is 421 g/mol. The number of rotatable bonds is 5. The molecule has 1 saturated heterocycles. The maximum Gasteiger partial charge on any atom is 0.492 e. The van der Waals surface area contributed by atoms with Gasteiger partial charge in [0, 0.05) is 6.54 Å². The number of aldehydes is 1. The van der Waals surface area contributed by atoms with Crippen LogP contribution in [0, 0.1) is 5.82 Å². The molecule has 7 nitrogen and oxygen atoms in total. The Morgan fingerprint density at radius 1 is 1.23 bits per heavy atom. The molecule has 1 aromatic carbocycles. The van der Waals surface area contributed by atoms with Crippen molar-refractivity contribution in [2.45, 2.75) is 65.3 Å². The molecule has 1 aliphatic rings. The second-order valence-electron chi connectivity index (χ2n) is 9.22. The quantitative estimate of drug-likeness (QED) is 0.554. The molecule has 2 N–H and O–H groups in total. The Hall–Kier alpha value is -2.39. The standard InChI is InChI=1S/C21H29BFNO6/c1-19(2,3)28-18(27)24-11-15(22-29-20(4,5)21(6,7)30-22)9-13-8-14(12-25)17(26)16(23)10-13/h8-10,12,26H,11H2,1-7H3,(H,24,27). The van der Waals surface area contributed by atoms with Crippen molar-refractivity contribution in [1.29, 1.82) is 0 Å². The molecule has 0 aliphatic carbocycles. The lowest BCUT2D eigenvalue weighted by Gasteiger charge is -2.32. The number of alkyl carbamates (subject to hydrolysis) is 1. The van der Waals surface area contributed by atoms with Gasteiger partial charge >= 0.3 is 13.2 Å². The maximum atomic E-state index is 14.0. The van der Waals surface area contributed by atoms with E-state index in [1.807, 2.05) is 27.7 Å². The molecule has 2 rings (SSSR count). The summed E-state index contributed by atoms with van der Waals surface area (Å²) in [5.41, 5.74) is -1.32. The molecule has 0 spiro atoms. The lowest BCUT2D eigenvalue weighted by molar-refractivity contribution is 0.00578. The second-order valence-corrected chi connectivity index (χ2v) is 9.22. The van der Waals surface area contributed by atoms with E-state index >= 15 is 0 Å². The van der Waals surface area contributed by atoms with Crippen molar-refractivity contribution < 1.29 is 33.1 Å². The first-order valence-electron chi connectivity index (χ1n) is 9.66. The lowest BCUT2D eigenvalue weighted by atomic mass is 9.77. The summed E-state index contributed by atoms with van der Waals surface area (Å²) >= 11 is 0. The van der Waals surface area contributed by atoms with Gasteiger partial charge in [-0.2, -0.15) is 0 Å². The number of aromatic hydroxyl groups is 1. The van der Waals surface area contributed by atoms with Crippen LogP contribution in [-0.4, -0.2) is 48.0 Å². The number of carbonyl (C=O) groups is 2. The minimum absolute atomic E-state index is 0.00462. The van der Waals surface area contributed by atoms with Gasteiger partial charge in [0.25, 0.3) is 0 Å². The number of phenols is 1. The highest BCUT2D eigenvalue weighted by atomic mass is 19.1. The van der Waals surface area contributed by atoms with E-state index in [2.05, 4.69) is 5.32 Å². The summed E-state index contributed by atoms with van der Waals surface area (Å²) in [6, 6.07) is 2.42. The minimum Gasteiger partial charge on any atom is -0.504 e. The van der Waals surface area contributed by atoms with Crippen LogP contribution >= 0.6 is 0 Å². The van der Waals surface area contributed by atoms with Crippen LogP contribution < -0.4 is 5.32 Å². The molecule has 0 aromatic heterocycles. The van der Waals surface area contributed by atoms with Crippen molar-refractivity contribution in [3.05, 3.63) is 34.5 Å². The molecule has 1 fully saturated rings. The van der Waals surface area contributed by atoms with E-state index in [0.717, 1.165) is 6.07 Å². The first kappa shape index (κ1) is 23.9. The summed E-state index contributed by atoms with van der Waals surface area (Å²) < 4.78 is 31.4. The number of ether oxygens (including phenoxy) is 1. The molecular formula is C21H29BFNO6. The van der Waals surface area contributed by atoms with Crippen molar-refractivity contribution >= 4 is 25.6 Å². The number of benzene rings is 1. The van der Waals surface area contributed by atoms with Crippen molar-refractivity contribution in [2.75, 3.05) is 6.54 Å². The highest BCUT2D eigenvalue weighted by Gasteiger charge is 2.52. The van der Waals surface area contributed by atoms with Crippen LogP contribution in [0.25, 0.3) is 6.08 Å². The zero-order chi connectivity index (χ0) is 22.9. The van der Waals surface area contributed by atoms with Gasteiger partial charge in [0.15, 0.2) is 17.9 Å². The number of carbonyl (C=O) groups excluding carboxylic acids is 2. The van der Waals surface area contributed by atoms with Crippen molar-refractivity contribution in [3.63, 3.8) is 0 Å². The van der Waals surface area contributed by atoms with Gasteiger partial charge in [0.1, 0.15) is 5.60 Å². The first-order valence-corrected chi connectivity index (χ1v) is 9.66. The van der Waals surface area contributed by atoms with Crippen LogP contribution in [0.2, 0.25) is 0 Å². The number of nitrogens with one attached hydrogen (secondary N) is 1. The Bertz CT molecular complexity index is 844. The van der Waals surface area contributed by atoms with E-state index < -0.39 is 41.6 Å². The summed E-state index contributed by atoms with van der Waals surface area (Å²) in [6.45, 7) is 12.8. The van der Waals surface area contributed by atoms with Crippen molar-refractivity contribution in [1.82, 2.24) is 5.32 Å². The fourth-order valence-electron chi connectivity index (χ4n) is 2.71. The van der Waals surface area contributed by atoms with Gasteiger partial charge in [-0.3, -0.25) is 4.79 Å². The average molecular weight is 421 g/mol. The van der Waals surface area contributed by atoms with Crippen molar-refractivity contribution in [3.8, 4) is 5.75 Å². The Balaban J connectivity index is 2.37. The molecule has 9 heteroatoms. The summed E-state index contributed by atoms with van der Waals surface area (Å²) in [4.78, 5) is 23.2. The maximum absolute atomic E-state index is 14.0. The Morgan fingerprint density at radius 2 is 1.80 bits per heavy atom. The summed E-state index contributed by atoms with van der Waals surface area (Å²) in [7, 11) is -0.818. The fraction of sp³-hybridized carbons (Fsp3) is 0.524. The molecule has 0 atom stereocenters. The normalized spacial score (nSPS) is 18.3. The van der Waals surface area contributed by atoms with Crippen molar-refractivity contribution in [2.24, 2.45) is 0 Å². The number of hydrogen-bond donors (Lipinski definition) is 2. The number of phenolic OH excluding ortho intramolecular Hbond substituents is 1. The topological polar surface area (TPSA) is 94.1 Å². The van der Waals surface area contributed by atoms with Gasteiger partial charge in [-0.15, -0.1) is 0 Å².